The van der Waals surface area contributed by atoms with Crippen LogP contribution >= 0.6 is 0 Å². The molecule has 0 aliphatic carbocycles. The number of carbonyl (C=O) groups excluding carboxylic acids is 2. The van der Waals surface area contributed by atoms with Gasteiger partial charge in [0.15, 0.2) is 0 Å². The molecule has 0 radical (unpaired) electrons. The molecule has 0 saturated carbocycles. The number of nitrogens with zero attached hydrogens (tertiary/aromatic N) is 3. The van der Waals surface area contributed by atoms with E-state index < -0.39 is 0 Å². The van der Waals surface area contributed by atoms with Gasteiger partial charge in [0.05, 0.1) is 0 Å². The minimum absolute atomic E-state index is 0.00171. The second-order valence-electron chi connectivity index (χ2n) is 3.77. The summed E-state index contributed by atoms with van der Waals surface area (Å²) in [5.41, 5.74) is 0. The van der Waals surface area contributed by atoms with Crippen molar-refractivity contribution in [2.45, 2.75) is 26.2 Å². The van der Waals surface area contributed by atoms with E-state index in [1.165, 1.54) is 0 Å². The van der Waals surface area contributed by atoms with Gasteiger partial charge < -0.3 is 20.0 Å². The summed E-state index contributed by atoms with van der Waals surface area (Å²) in [6.45, 7) is 5.07. The molecule has 1 N–H and O–H groups in total. The third kappa shape index (κ3) is 1.17. The number of fused-ring (bicyclic) bond motifs is 1. The highest BCUT2D eigenvalue weighted by Gasteiger charge is 2.52. The lowest BCUT2D eigenvalue weighted by atomic mass is 10.3. The molecule has 0 aromatic rings. The van der Waals surface area contributed by atoms with Crippen LogP contribution < -0.4 is 5.32 Å². The van der Waals surface area contributed by atoms with Crippen LogP contribution in [0, 0.1) is 0 Å². The van der Waals surface area contributed by atoms with E-state index in [1.54, 1.807) is 21.7 Å². The Morgan fingerprint density at radius 1 is 1.20 bits per heavy atom. The number of rotatable bonds is 2. The summed E-state index contributed by atoms with van der Waals surface area (Å²) in [4.78, 5) is 28.4. The Kier molecular flexibility index (Phi) is 2.21. The molecule has 0 aromatic heterocycles. The predicted molar refractivity (Wildman–Crippen MR) is 54.0 cm³/mol. The minimum Gasteiger partial charge on any atom is -0.314 e. The number of likely N-dealkylation sites (N-methyl/N-ethyl adjacent to an activating group) is 3. The van der Waals surface area contributed by atoms with Crippen molar-refractivity contribution in [1.29, 1.82) is 0 Å². The summed E-state index contributed by atoms with van der Waals surface area (Å²) in [5.74, 6) is 0. The lowest BCUT2D eigenvalue weighted by Crippen LogP contribution is -2.44. The third-order valence-electron chi connectivity index (χ3n) is 3.10. The number of hydrogen-bond acceptors (Lipinski definition) is 2. The first kappa shape index (κ1) is 10.1. The molecule has 6 nitrogen and oxygen atoms in total. The Morgan fingerprint density at radius 3 is 2.33 bits per heavy atom. The predicted octanol–water partition coefficient (Wildman–Crippen LogP) is 0.0710. The maximum atomic E-state index is 11.9. The number of amides is 4. The van der Waals surface area contributed by atoms with Crippen LogP contribution in [0.2, 0.25) is 0 Å². The summed E-state index contributed by atoms with van der Waals surface area (Å²) in [6.07, 6.45) is -0.352. The van der Waals surface area contributed by atoms with Crippen LogP contribution in [-0.4, -0.2) is 59.2 Å². The summed E-state index contributed by atoms with van der Waals surface area (Å²) in [6, 6.07) is -0.115. The maximum Gasteiger partial charge on any atom is 0.323 e. The van der Waals surface area contributed by atoms with Gasteiger partial charge in [-0.25, -0.2) is 9.59 Å². The molecular weight excluding hydrogens is 196 g/mol. The van der Waals surface area contributed by atoms with Gasteiger partial charge in [0.25, 0.3) is 0 Å². The van der Waals surface area contributed by atoms with E-state index in [4.69, 9.17) is 0 Å². The summed E-state index contributed by atoms with van der Waals surface area (Å²) < 4.78 is 0. The standard InChI is InChI=1S/C9H16N4O2/c1-4-12-6-7(11(3)8(14)10-6)13(5-2)9(12)15/h6-7H,4-5H2,1-3H3,(H,10,14)/t6-,7-/m0/s1. The maximum absolute atomic E-state index is 11.9. The molecule has 2 aliphatic heterocycles. The molecule has 15 heavy (non-hydrogen) atoms. The molecule has 0 unspecified atom stereocenters. The Morgan fingerprint density at radius 2 is 1.80 bits per heavy atom. The van der Waals surface area contributed by atoms with Crippen molar-refractivity contribution in [2.24, 2.45) is 0 Å². The first-order chi connectivity index (χ1) is 7.11. The van der Waals surface area contributed by atoms with Crippen LogP contribution in [0.15, 0.2) is 0 Å². The van der Waals surface area contributed by atoms with Gasteiger partial charge >= 0.3 is 12.1 Å². The molecule has 0 aromatic carbocycles. The highest BCUT2D eigenvalue weighted by molar-refractivity contribution is 5.84. The fourth-order valence-electron chi connectivity index (χ4n) is 2.30. The summed E-state index contributed by atoms with van der Waals surface area (Å²) in [5, 5.41) is 2.81. The van der Waals surface area contributed by atoms with Crippen molar-refractivity contribution in [1.82, 2.24) is 20.0 Å². The molecule has 2 heterocycles. The zero-order chi connectivity index (χ0) is 11.2. The molecule has 6 heteroatoms. The molecule has 2 rings (SSSR count). The van der Waals surface area contributed by atoms with E-state index in [0.29, 0.717) is 13.1 Å². The first-order valence-corrected chi connectivity index (χ1v) is 5.22. The normalized spacial score (nSPS) is 29.9. The Bertz CT molecular complexity index is 306. The van der Waals surface area contributed by atoms with Gasteiger partial charge in [0.2, 0.25) is 0 Å². The van der Waals surface area contributed by atoms with Gasteiger partial charge in [-0.1, -0.05) is 0 Å². The summed E-state index contributed by atoms with van der Waals surface area (Å²) in [7, 11) is 1.72. The average molecular weight is 212 g/mol. The number of urea groups is 2. The monoisotopic (exact) mass is 212 g/mol. The number of carbonyl (C=O) groups is 2. The van der Waals surface area contributed by atoms with Crippen LogP contribution in [-0.2, 0) is 0 Å². The van der Waals surface area contributed by atoms with E-state index in [1.807, 2.05) is 13.8 Å². The van der Waals surface area contributed by atoms with E-state index in [9.17, 15) is 9.59 Å². The topological polar surface area (TPSA) is 55.9 Å². The molecule has 2 aliphatic rings. The van der Waals surface area contributed by atoms with E-state index in [0.717, 1.165) is 0 Å². The quantitative estimate of drug-likeness (QED) is 0.704. The third-order valence-corrected chi connectivity index (χ3v) is 3.10. The molecule has 4 amide bonds. The van der Waals surface area contributed by atoms with Crippen LogP contribution in [0.5, 0.6) is 0 Å². The smallest absolute Gasteiger partial charge is 0.314 e. The van der Waals surface area contributed by atoms with Crippen molar-refractivity contribution in [3.05, 3.63) is 0 Å². The molecule has 2 atom stereocenters. The Balaban J connectivity index is 2.31. The molecule has 0 spiro atoms. The van der Waals surface area contributed by atoms with Crippen LogP contribution in [0.1, 0.15) is 13.8 Å². The Labute approximate surface area is 88.8 Å². The number of nitrogens with one attached hydrogen (secondary N) is 1. The molecule has 2 saturated heterocycles. The lowest BCUT2D eigenvalue weighted by Gasteiger charge is -2.25. The minimum atomic E-state index is -0.194. The van der Waals surface area contributed by atoms with Crippen molar-refractivity contribution in [3.8, 4) is 0 Å². The zero-order valence-electron chi connectivity index (χ0n) is 9.23. The largest absolute Gasteiger partial charge is 0.323 e. The molecular formula is C9H16N4O2. The second kappa shape index (κ2) is 3.29. The van der Waals surface area contributed by atoms with Gasteiger partial charge in [0.1, 0.15) is 12.3 Å². The summed E-state index contributed by atoms with van der Waals surface area (Å²) >= 11 is 0. The van der Waals surface area contributed by atoms with Crippen LogP contribution in [0.4, 0.5) is 9.59 Å². The second-order valence-corrected chi connectivity index (χ2v) is 3.77. The highest BCUT2D eigenvalue weighted by atomic mass is 16.2. The SMILES string of the molecule is CCN1C(=O)N(CC)[C@H]2[C@H]1NC(=O)N2C. The van der Waals surface area contributed by atoms with Gasteiger partial charge in [0, 0.05) is 20.1 Å². The van der Waals surface area contributed by atoms with Gasteiger partial charge in [-0.2, -0.15) is 0 Å². The van der Waals surface area contributed by atoms with Crippen molar-refractivity contribution in [2.75, 3.05) is 20.1 Å². The molecule has 2 fully saturated rings. The van der Waals surface area contributed by atoms with Crippen molar-refractivity contribution in [3.63, 3.8) is 0 Å². The first-order valence-electron chi connectivity index (χ1n) is 5.22. The van der Waals surface area contributed by atoms with E-state index in [-0.39, 0.29) is 24.4 Å². The number of hydrogen-bond donors (Lipinski definition) is 1. The van der Waals surface area contributed by atoms with E-state index in [2.05, 4.69) is 5.32 Å². The lowest BCUT2D eigenvalue weighted by molar-refractivity contribution is 0.149. The van der Waals surface area contributed by atoms with Crippen molar-refractivity contribution < 1.29 is 9.59 Å². The van der Waals surface area contributed by atoms with Gasteiger partial charge in [-0.05, 0) is 13.8 Å². The van der Waals surface area contributed by atoms with Crippen LogP contribution in [0.25, 0.3) is 0 Å². The Hall–Kier alpha value is -1.46. The highest BCUT2D eigenvalue weighted by Crippen LogP contribution is 2.27. The van der Waals surface area contributed by atoms with Gasteiger partial charge in [-0.15, -0.1) is 0 Å². The van der Waals surface area contributed by atoms with Crippen molar-refractivity contribution >= 4 is 12.1 Å². The van der Waals surface area contributed by atoms with Crippen LogP contribution in [0.3, 0.4) is 0 Å². The molecule has 84 valence electrons. The fraction of sp³-hybridized carbons (Fsp3) is 0.778. The van der Waals surface area contributed by atoms with Gasteiger partial charge in [-0.3, -0.25) is 0 Å². The average Bonchev–Trinajstić information content (AvgIpc) is 2.63. The zero-order valence-corrected chi connectivity index (χ0v) is 9.23. The van der Waals surface area contributed by atoms with E-state index >= 15 is 0 Å². The fourth-order valence-corrected chi connectivity index (χ4v) is 2.30. The molecule has 0 bridgehead atoms.